The fourth-order valence-electron chi connectivity index (χ4n) is 2.51. The fourth-order valence-corrected chi connectivity index (χ4v) is 2.51. The van der Waals surface area contributed by atoms with Crippen molar-refractivity contribution >= 4 is 17.8 Å². The molecule has 0 bridgehead atoms. The molecule has 0 aliphatic carbocycles. The monoisotopic (exact) mass is 313 g/mol. The zero-order valence-electron chi connectivity index (χ0n) is 13.9. The van der Waals surface area contributed by atoms with Crippen molar-refractivity contribution in [3.05, 3.63) is 47.3 Å². The lowest BCUT2D eigenvalue weighted by Gasteiger charge is -2.30. The minimum absolute atomic E-state index is 0.128. The molecule has 0 atom stereocenters. The number of nitrogens with two attached hydrogens (primary N) is 1. The molecular weight excluding hydrogens is 290 g/mol. The number of hydrogen-bond donors (Lipinski definition) is 1. The standard InChI is InChI=1S/C18H23N3O2/c1-4-21-17(22)10-9-16(20-12-13(2)11-19)18(21)14-5-7-15(23-3)8-6-14/h5-8,11-12H,4,9-10,19H2,1-3H3. The van der Waals surface area contributed by atoms with E-state index in [1.807, 2.05) is 38.1 Å². The number of ether oxygens (including phenoxy) is 1. The first-order valence-electron chi connectivity index (χ1n) is 7.71. The molecule has 1 amide bonds. The van der Waals surface area contributed by atoms with Crippen LogP contribution >= 0.6 is 0 Å². The lowest BCUT2D eigenvalue weighted by atomic mass is 10.0. The van der Waals surface area contributed by atoms with Crippen LogP contribution in [0.4, 0.5) is 0 Å². The molecule has 1 aromatic carbocycles. The first-order valence-corrected chi connectivity index (χ1v) is 7.71. The van der Waals surface area contributed by atoms with Gasteiger partial charge in [-0.05, 0) is 49.9 Å². The van der Waals surface area contributed by atoms with Gasteiger partial charge in [0.25, 0.3) is 0 Å². The molecule has 0 fully saturated rings. The molecule has 1 aliphatic heterocycles. The van der Waals surface area contributed by atoms with E-state index in [0.717, 1.165) is 28.3 Å². The molecular formula is C18H23N3O2. The van der Waals surface area contributed by atoms with Gasteiger partial charge in [0.15, 0.2) is 0 Å². The summed E-state index contributed by atoms with van der Waals surface area (Å²) in [5.41, 5.74) is 9.10. The first-order chi connectivity index (χ1) is 11.1. The Morgan fingerprint density at radius 3 is 2.61 bits per heavy atom. The fraction of sp³-hybridized carbons (Fsp3) is 0.333. The van der Waals surface area contributed by atoms with Gasteiger partial charge in [-0.3, -0.25) is 9.79 Å². The number of allylic oxidation sites excluding steroid dienone is 2. The van der Waals surface area contributed by atoms with Crippen LogP contribution in [0, 0.1) is 0 Å². The summed E-state index contributed by atoms with van der Waals surface area (Å²) in [7, 11) is 1.63. The highest BCUT2D eigenvalue weighted by molar-refractivity contribution is 5.91. The number of benzene rings is 1. The third kappa shape index (κ3) is 3.80. The molecule has 1 aromatic rings. The molecule has 0 saturated heterocycles. The van der Waals surface area contributed by atoms with Crippen LogP contribution in [0.15, 0.2) is 46.7 Å². The van der Waals surface area contributed by atoms with E-state index in [9.17, 15) is 4.79 Å². The van der Waals surface area contributed by atoms with Crippen LogP contribution in [0.2, 0.25) is 0 Å². The molecule has 2 rings (SSSR count). The third-order valence-corrected chi connectivity index (χ3v) is 3.79. The molecule has 2 N–H and O–H groups in total. The first kappa shape index (κ1) is 16.8. The van der Waals surface area contributed by atoms with Gasteiger partial charge < -0.3 is 15.4 Å². The molecule has 0 radical (unpaired) electrons. The van der Waals surface area contributed by atoms with E-state index >= 15 is 0 Å². The van der Waals surface area contributed by atoms with Gasteiger partial charge in [-0.2, -0.15) is 0 Å². The van der Waals surface area contributed by atoms with Crippen LogP contribution < -0.4 is 10.5 Å². The molecule has 1 aliphatic rings. The van der Waals surface area contributed by atoms with Crippen molar-refractivity contribution in [2.75, 3.05) is 13.7 Å². The van der Waals surface area contributed by atoms with Gasteiger partial charge in [0.1, 0.15) is 5.75 Å². The smallest absolute Gasteiger partial charge is 0.227 e. The summed E-state index contributed by atoms with van der Waals surface area (Å²) < 4.78 is 5.20. The van der Waals surface area contributed by atoms with Crippen LogP contribution in [-0.4, -0.2) is 30.7 Å². The molecule has 0 saturated carbocycles. The maximum absolute atomic E-state index is 12.3. The van der Waals surface area contributed by atoms with Crippen molar-refractivity contribution in [1.29, 1.82) is 0 Å². The predicted molar refractivity (Wildman–Crippen MR) is 93.0 cm³/mol. The lowest BCUT2D eigenvalue weighted by molar-refractivity contribution is -0.128. The molecule has 23 heavy (non-hydrogen) atoms. The average molecular weight is 313 g/mol. The van der Waals surface area contributed by atoms with Gasteiger partial charge in [-0.25, -0.2) is 0 Å². The minimum Gasteiger partial charge on any atom is -0.497 e. The Bertz CT molecular complexity index is 657. The second-order valence-corrected chi connectivity index (χ2v) is 5.33. The Morgan fingerprint density at radius 1 is 1.35 bits per heavy atom. The van der Waals surface area contributed by atoms with Crippen LogP contribution in [0.1, 0.15) is 32.3 Å². The van der Waals surface area contributed by atoms with Gasteiger partial charge in [0, 0.05) is 31.2 Å². The Kier molecular flexibility index (Phi) is 5.57. The van der Waals surface area contributed by atoms with E-state index in [2.05, 4.69) is 4.99 Å². The average Bonchev–Trinajstić information content (AvgIpc) is 2.60. The number of nitrogens with zero attached hydrogens (tertiary/aromatic N) is 2. The summed E-state index contributed by atoms with van der Waals surface area (Å²) in [6, 6.07) is 7.69. The Balaban J connectivity index is 2.51. The summed E-state index contributed by atoms with van der Waals surface area (Å²) in [4.78, 5) is 18.6. The van der Waals surface area contributed by atoms with Crippen molar-refractivity contribution in [3.8, 4) is 5.75 Å². The molecule has 0 unspecified atom stereocenters. The second-order valence-electron chi connectivity index (χ2n) is 5.33. The van der Waals surface area contributed by atoms with Crippen molar-refractivity contribution in [2.45, 2.75) is 26.7 Å². The normalized spacial score (nSPS) is 16.4. The zero-order valence-corrected chi connectivity index (χ0v) is 13.9. The van der Waals surface area contributed by atoms with E-state index in [1.54, 1.807) is 18.2 Å². The van der Waals surface area contributed by atoms with Gasteiger partial charge in [0.05, 0.1) is 18.5 Å². The van der Waals surface area contributed by atoms with Crippen molar-refractivity contribution < 1.29 is 9.53 Å². The maximum Gasteiger partial charge on any atom is 0.227 e. The highest BCUT2D eigenvalue weighted by Gasteiger charge is 2.26. The minimum atomic E-state index is 0.128. The lowest BCUT2D eigenvalue weighted by Crippen LogP contribution is -2.33. The number of amides is 1. The highest BCUT2D eigenvalue weighted by Crippen LogP contribution is 2.32. The molecule has 0 spiro atoms. The van der Waals surface area contributed by atoms with Gasteiger partial charge in [-0.15, -0.1) is 0 Å². The molecule has 5 nitrogen and oxygen atoms in total. The summed E-state index contributed by atoms with van der Waals surface area (Å²) >= 11 is 0. The van der Waals surface area contributed by atoms with Crippen LogP contribution in [0.25, 0.3) is 5.70 Å². The van der Waals surface area contributed by atoms with Gasteiger partial charge >= 0.3 is 0 Å². The molecule has 5 heteroatoms. The maximum atomic E-state index is 12.3. The summed E-state index contributed by atoms with van der Waals surface area (Å²) in [6.07, 6.45) is 4.36. The van der Waals surface area contributed by atoms with E-state index in [4.69, 9.17) is 10.5 Å². The quantitative estimate of drug-likeness (QED) is 0.850. The topological polar surface area (TPSA) is 67.9 Å². The highest BCUT2D eigenvalue weighted by atomic mass is 16.5. The summed E-state index contributed by atoms with van der Waals surface area (Å²) in [6.45, 7) is 4.48. The number of carbonyl (C=O) groups excluding carboxylic acids is 1. The van der Waals surface area contributed by atoms with E-state index in [-0.39, 0.29) is 5.91 Å². The van der Waals surface area contributed by atoms with Crippen LogP contribution in [-0.2, 0) is 4.79 Å². The number of carbonyl (C=O) groups is 1. The van der Waals surface area contributed by atoms with E-state index < -0.39 is 0 Å². The Hall–Kier alpha value is -2.56. The van der Waals surface area contributed by atoms with Crippen molar-refractivity contribution in [3.63, 3.8) is 0 Å². The number of rotatable bonds is 5. The molecule has 1 heterocycles. The number of aliphatic imine (C=N–C) groups is 1. The number of methoxy groups -OCH3 is 1. The van der Waals surface area contributed by atoms with Gasteiger partial charge in [-0.1, -0.05) is 0 Å². The summed E-state index contributed by atoms with van der Waals surface area (Å²) in [5, 5.41) is 0. The third-order valence-electron chi connectivity index (χ3n) is 3.79. The van der Waals surface area contributed by atoms with E-state index in [1.165, 1.54) is 6.20 Å². The van der Waals surface area contributed by atoms with Crippen molar-refractivity contribution in [1.82, 2.24) is 4.90 Å². The largest absolute Gasteiger partial charge is 0.497 e. The summed E-state index contributed by atoms with van der Waals surface area (Å²) in [5.74, 6) is 0.912. The molecule has 122 valence electrons. The zero-order chi connectivity index (χ0) is 16.8. The van der Waals surface area contributed by atoms with Gasteiger partial charge in [0.2, 0.25) is 5.91 Å². The second kappa shape index (κ2) is 7.63. The Morgan fingerprint density at radius 2 is 2.04 bits per heavy atom. The SMILES string of the molecule is CCN1C(=O)CCC(N=CC(C)=CN)=C1c1ccc(OC)cc1. The van der Waals surface area contributed by atoms with E-state index in [0.29, 0.717) is 19.4 Å². The molecule has 0 aromatic heterocycles. The Labute approximate surface area is 137 Å². The van der Waals surface area contributed by atoms with Crippen molar-refractivity contribution in [2.24, 2.45) is 10.7 Å². The van der Waals surface area contributed by atoms with Crippen LogP contribution in [0.5, 0.6) is 5.75 Å². The van der Waals surface area contributed by atoms with Crippen LogP contribution in [0.3, 0.4) is 0 Å². The predicted octanol–water partition coefficient (Wildman–Crippen LogP) is 2.94. The number of hydrogen-bond acceptors (Lipinski definition) is 4.